The first-order chi connectivity index (χ1) is 8.27. The Labute approximate surface area is 103 Å². The Morgan fingerprint density at radius 1 is 1.12 bits per heavy atom. The summed E-state index contributed by atoms with van der Waals surface area (Å²) in [6.07, 6.45) is 3.50. The zero-order valence-electron chi connectivity index (χ0n) is 10.4. The lowest BCUT2D eigenvalue weighted by atomic mass is 9.96. The molecule has 0 aliphatic heterocycles. The van der Waals surface area contributed by atoms with Gasteiger partial charge in [0, 0.05) is 18.2 Å². The number of hydrogen-bond acceptors (Lipinski definition) is 2. The normalized spacial score (nSPS) is 12.9. The molecule has 0 aliphatic carbocycles. The van der Waals surface area contributed by atoms with Crippen LogP contribution in [0, 0.1) is 5.92 Å². The summed E-state index contributed by atoms with van der Waals surface area (Å²) in [5.41, 5.74) is 2.53. The summed E-state index contributed by atoms with van der Waals surface area (Å²) in [5, 5.41) is 3.58. The van der Waals surface area contributed by atoms with Crippen molar-refractivity contribution in [2.45, 2.75) is 26.4 Å². The number of furan rings is 1. The number of rotatable bonds is 5. The number of nitrogens with one attached hydrogen (secondary N) is 1. The molecule has 2 rings (SSSR count). The zero-order chi connectivity index (χ0) is 12.1. The molecule has 2 heteroatoms. The van der Waals surface area contributed by atoms with E-state index in [4.69, 9.17) is 4.42 Å². The second-order valence-electron chi connectivity index (χ2n) is 4.64. The van der Waals surface area contributed by atoms with E-state index in [1.54, 1.807) is 12.5 Å². The molecule has 0 spiro atoms. The van der Waals surface area contributed by atoms with Crippen LogP contribution in [0.1, 0.15) is 31.0 Å². The van der Waals surface area contributed by atoms with Gasteiger partial charge in [-0.1, -0.05) is 44.2 Å². The van der Waals surface area contributed by atoms with Gasteiger partial charge in [0.05, 0.1) is 12.5 Å². The lowest BCUT2D eigenvalue weighted by Crippen LogP contribution is -2.25. The molecular weight excluding hydrogens is 210 g/mol. The standard InChI is InChI=1S/C15H19NO/c1-12(2)15(14-6-4-3-5-7-14)16-10-13-8-9-17-11-13/h3-9,11-12,15-16H,10H2,1-2H3. The minimum absolute atomic E-state index is 0.381. The van der Waals surface area contributed by atoms with E-state index in [0.29, 0.717) is 12.0 Å². The maximum absolute atomic E-state index is 5.07. The van der Waals surface area contributed by atoms with E-state index in [1.165, 1.54) is 11.1 Å². The number of hydrogen-bond donors (Lipinski definition) is 1. The largest absolute Gasteiger partial charge is 0.472 e. The molecule has 0 fully saturated rings. The van der Waals surface area contributed by atoms with Gasteiger partial charge in [-0.15, -0.1) is 0 Å². The van der Waals surface area contributed by atoms with Crippen LogP contribution in [0.25, 0.3) is 0 Å². The molecule has 0 saturated heterocycles. The summed E-state index contributed by atoms with van der Waals surface area (Å²) in [7, 11) is 0. The molecule has 1 aromatic heterocycles. The Kier molecular flexibility index (Phi) is 3.99. The number of benzene rings is 1. The third-order valence-electron chi connectivity index (χ3n) is 2.93. The minimum Gasteiger partial charge on any atom is -0.472 e. The van der Waals surface area contributed by atoms with E-state index in [9.17, 15) is 0 Å². The van der Waals surface area contributed by atoms with Crippen LogP contribution in [0.2, 0.25) is 0 Å². The summed E-state index contributed by atoms with van der Waals surface area (Å²) in [6.45, 7) is 5.31. The van der Waals surface area contributed by atoms with Crippen LogP contribution >= 0.6 is 0 Å². The molecular formula is C15H19NO. The molecule has 1 atom stereocenters. The Hall–Kier alpha value is -1.54. The van der Waals surface area contributed by atoms with Crippen LogP contribution in [-0.4, -0.2) is 0 Å². The average Bonchev–Trinajstić information content (AvgIpc) is 2.83. The first kappa shape index (κ1) is 11.9. The monoisotopic (exact) mass is 229 g/mol. The third kappa shape index (κ3) is 3.21. The van der Waals surface area contributed by atoms with Gasteiger partial charge in [0.2, 0.25) is 0 Å². The highest BCUT2D eigenvalue weighted by atomic mass is 16.3. The van der Waals surface area contributed by atoms with Gasteiger partial charge in [-0.3, -0.25) is 0 Å². The second kappa shape index (κ2) is 5.69. The van der Waals surface area contributed by atoms with Crippen molar-refractivity contribution >= 4 is 0 Å². The van der Waals surface area contributed by atoms with E-state index in [1.807, 2.05) is 6.07 Å². The van der Waals surface area contributed by atoms with Crippen LogP contribution < -0.4 is 5.32 Å². The van der Waals surface area contributed by atoms with Gasteiger partial charge < -0.3 is 9.73 Å². The topological polar surface area (TPSA) is 25.2 Å². The molecule has 2 nitrogen and oxygen atoms in total. The molecule has 2 aromatic rings. The van der Waals surface area contributed by atoms with E-state index < -0.39 is 0 Å². The summed E-state index contributed by atoms with van der Waals surface area (Å²) in [6, 6.07) is 13.0. The van der Waals surface area contributed by atoms with Crippen molar-refractivity contribution in [3.8, 4) is 0 Å². The fourth-order valence-corrected chi connectivity index (χ4v) is 2.02. The van der Waals surface area contributed by atoms with Crippen LogP contribution in [0.3, 0.4) is 0 Å². The maximum atomic E-state index is 5.07. The average molecular weight is 229 g/mol. The van der Waals surface area contributed by atoms with E-state index in [0.717, 1.165) is 6.54 Å². The van der Waals surface area contributed by atoms with Gasteiger partial charge in [-0.25, -0.2) is 0 Å². The fourth-order valence-electron chi connectivity index (χ4n) is 2.02. The van der Waals surface area contributed by atoms with Gasteiger partial charge in [0.1, 0.15) is 0 Å². The van der Waals surface area contributed by atoms with E-state index in [-0.39, 0.29) is 0 Å². The van der Waals surface area contributed by atoms with Crippen molar-refractivity contribution in [2.75, 3.05) is 0 Å². The summed E-state index contributed by atoms with van der Waals surface area (Å²) in [5.74, 6) is 0.560. The van der Waals surface area contributed by atoms with Crippen LogP contribution in [0.5, 0.6) is 0 Å². The predicted octanol–water partition coefficient (Wildman–Crippen LogP) is 3.77. The van der Waals surface area contributed by atoms with Crippen LogP contribution in [0.4, 0.5) is 0 Å². The van der Waals surface area contributed by atoms with Crippen LogP contribution in [-0.2, 0) is 6.54 Å². The third-order valence-corrected chi connectivity index (χ3v) is 2.93. The fraction of sp³-hybridized carbons (Fsp3) is 0.333. The van der Waals surface area contributed by atoms with Crippen LogP contribution in [0.15, 0.2) is 53.3 Å². The van der Waals surface area contributed by atoms with E-state index in [2.05, 4.69) is 49.5 Å². The summed E-state index contributed by atoms with van der Waals surface area (Å²) >= 11 is 0. The van der Waals surface area contributed by atoms with Crippen molar-refractivity contribution in [1.29, 1.82) is 0 Å². The molecule has 1 heterocycles. The first-order valence-electron chi connectivity index (χ1n) is 6.07. The molecule has 0 amide bonds. The quantitative estimate of drug-likeness (QED) is 0.844. The molecule has 1 unspecified atom stereocenters. The molecule has 1 N–H and O–H groups in total. The van der Waals surface area contributed by atoms with Gasteiger partial charge in [0.25, 0.3) is 0 Å². The summed E-state index contributed by atoms with van der Waals surface area (Å²) in [4.78, 5) is 0. The van der Waals surface area contributed by atoms with Gasteiger partial charge in [-0.2, -0.15) is 0 Å². The highest BCUT2D eigenvalue weighted by Gasteiger charge is 2.14. The molecule has 17 heavy (non-hydrogen) atoms. The lowest BCUT2D eigenvalue weighted by Gasteiger charge is -2.22. The molecule has 0 radical (unpaired) electrons. The maximum Gasteiger partial charge on any atom is 0.0947 e. The molecule has 0 bridgehead atoms. The van der Waals surface area contributed by atoms with Crippen molar-refractivity contribution < 1.29 is 4.42 Å². The van der Waals surface area contributed by atoms with Gasteiger partial charge >= 0.3 is 0 Å². The van der Waals surface area contributed by atoms with Crippen molar-refractivity contribution in [2.24, 2.45) is 5.92 Å². The van der Waals surface area contributed by atoms with E-state index >= 15 is 0 Å². The Morgan fingerprint density at radius 2 is 1.88 bits per heavy atom. The molecule has 1 aromatic carbocycles. The molecule has 0 saturated carbocycles. The molecule has 0 aliphatic rings. The van der Waals surface area contributed by atoms with Gasteiger partial charge in [-0.05, 0) is 17.5 Å². The van der Waals surface area contributed by atoms with Crippen molar-refractivity contribution in [3.63, 3.8) is 0 Å². The minimum atomic E-state index is 0.381. The molecule has 90 valence electrons. The Morgan fingerprint density at radius 3 is 2.47 bits per heavy atom. The predicted molar refractivity (Wildman–Crippen MR) is 69.6 cm³/mol. The zero-order valence-corrected chi connectivity index (χ0v) is 10.4. The second-order valence-corrected chi connectivity index (χ2v) is 4.64. The first-order valence-corrected chi connectivity index (χ1v) is 6.07. The van der Waals surface area contributed by atoms with Crippen molar-refractivity contribution in [3.05, 3.63) is 60.1 Å². The highest BCUT2D eigenvalue weighted by Crippen LogP contribution is 2.21. The summed E-state index contributed by atoms with van der Waals surface area (Å²) < 4.78 is 5.07. The smallest absolute Gasteiger partial charge is 0.0947 e. The van der Waals surface area contributed by atoms with Gasteiger partial charge in [0.15, 0.2) is 0 Å². The lowest BCUT2D eigenvalue weighted by molar-refractivity contribution is 0.409. The Balaban J connectivity index is 2.03. The van der Waals surface area contributed by atoms with Crippen molar-refractivity contribution in [1.82, 2.24) is 5.32 Å². The SMILES string of the molecule is CC(C)C(NCc1ccoc1)c1ccccc1. The highest BCUT2D eigenvalue weighted by molar-refractivity contribution is 5.19. The Bertz CT molecular complexity index is 419.